The number of nitrogens with zero attached hydrogens (tertiary/aromatic N) is 1. The van der Waals surface area contributed by atoms with Crippen LogP contribution in [0.4, 0.5) is 0 Å². The van der Waals surface area contributed by atoms with Crippen LogP contribution >= 0.6 is 11.6 Å². The number of rotatable bonds is 3. The van der Waals surface area contributed by atoms with E-state index in [1.807, 2.05) is 13.0 Å². The highest BCUT2D eigenvalue weighted by Crippen LogP contribution is 2.04. The van der Waals surface area contributed by atoms with Crippen LogP contribution < -0.4 is 5.32 Å². The molecule has 0 bridgehead atoms. The summed E-state index contributed by atoms with van der Waals surface area (Å²) < 4.78 is 0. The molecule has 0 aliphatic carbocycles. The average molecular weight is 223 g/mol. The van der Waals surface area contributed by atoms with Gasteiger partial charge in [-0.05, 0) is 25.1 Å². The minimum absolute atomic E-state index is 0.0788. The molecule has 0 aromatic heterocycles. The van der Waals surface area contributed by atoms with Crippen LogP contribution in [0.25, 0.3) is 0 Å². The first-order valence-corrected chi connectivity index (χ1v) is 5.08. The SMILES string of the molecule is CC(CCl)NC(=O)c1cccc(C#N)c1. The van der Waals surface area contributed by atoms with Gasteiger partial charge in [-0.2, -0.15) is 5.26 Å². The van der Waals surface area contributed by atoms with E-state index in [2.05, 4.69) is 5.32 Å². The van der Waals surface area contributed by atoms with E-state index in [1.54, 1.807) is 24.3 Å². The Morgan fingerprint density at radius 3 is 3.00 bits per heavy atom. The molecule has 78 valence electrons. The van der Waals surface area contributed by atoms with Crippen LogP contribution in [0.5, 0.6) is 0 Å². The maximum absolute atomic E-state index is 11.6. The summed E-state index contributed by atoms with van der Waals surface area (Å²) in [6, 6.07) is 8.45. The van der Waals surface area contributed by atoms with Gasteiger partial charge in [0, 0.05) is 17.5 Å². The molecule has 1 N–H and O–H groups in total. The molecule has 1 aromatic carbocycles. The maximum atomic E-state index is 11.6. The Kier molecular flexibility index (Phi) is 4.14. The molecule has 1 aromatic rings. The second-order valence-electron chi connectivity index (χ2n) is 3.22. The van der Waals surface area contributed by atoms with Crippen LogP contribution in [0.1, 0.15) is 22.8 Å². The number of alkyl halides is 1. The fraction of sp³-hybridized carbons (Fsp3) is 0.273. The predicted octanol–water partition coefficient (Wildman–Crippen LogP) is 1.92. The summed E-state index contributed by atoms with van der Waals surface area (Å²) in [5.74, 6) is 0.157. The molecule has 1 rings (SSSR count). The molecular formula is C11H11ClN2O. The molecule has 0 aliphatic heterocycles. The second kappa shape index (κ2) is 5.38. The highest BCUT2D eigenvalue weighted by atomic mass is 35.5. The minimum Gasteiger partial charge on any atom is -0.348 e. The maximum Gasteiger partial charge on any atom is 0.251 e. The second-order valence-corrected chi connectivity index (χ2v) is 3.53. The number of halogens is 1. The molecule has 0 spiro atoms. The van der Waals surface area contributed by atoms with Crippen LogP contribution in [0, 0.1) is 11.3 Å². The van der Waals surface area contributed by atoms with Crippen molar-refractivity contribution in [2.75, 3.05) is 5.88 Å². The van der Waals surface area contributed by atoms with Gasteiger partial charge in [0.1, 0.15) is 0 Å². The Labute approximate surface area is 93.7 Å². The topological polar surface area (TPSA) is 52.9 Å². The zero-order valence-corrected chi connectivity index (χ0v) is 9.08. The summed E-state index contributed by atoms with van der Waals surface area (Å²) in [7, 11) is 0. The van der Waals surface area contributed by atoms with Crippen LogP contribution in [0.3, 0.4) is 0 Å². The lowest BCUT2D eigenvalue weighted by atomic mass is 10.1. The van der Waals surface area contributed by atoms with E-state index < -0.39 is 0 Å². The number of benzene rings is 1. The van der Waals surface area contributed by atoms with Crippen molar-refractivity contribution in [3.8, 4) is 6.07 Å². The van der Waals surface area contributed by atoms with Crippen molar-refractivity contribution < 1.29 is 4.79 Å². The van der Waals surface area contributed by atoms with Crippen LogP contribution in [0.2, 0.25) is 0 Å². The van der Waals surface area contributed by atoms with Crippen LogP contribution in [0.15, 0.2) is 24.3 Å². The zero-order valence-electron chi connectivity index (χ0n) is 8.33. The van der Waals surface area contributed by atoms with Gasteiger partial charge in [-0.25, -0.2) is 0 Å². The van der Waals surface area contributed by atoms with E-state index >= 15 is 0 Å². The summed E-state index contributed by atoms with van der Waals surface area (Å²) >= 11 is 5.58. The van der Waals surface area contributed by atoms with Gasteiger partial charge >= 0.3 is 0 Å². The largest absolute Gasteiger partial charge is 0.348 e. The molecule has 0 saturated heterocycles. The Bertz CT molecular complexity index is 398. The average Bonchev–Trinajstić information content (AvgIpc) is 2.28. The van der Waals surface area contributed by atoms with Gasteiger partial charge in [-0.15, -0.1) is 11.6 Å². The highest BCUT2D eigenvalue weighted by molar-refractivity contribution is 6.18. The summed E-state index contributed by atoms with van der Waals surface area (Å²) in [5, 5.41) is 11.4. The number of hydrogen-bond acceptors (Lipinski definition) is 2. The molecule has 0 fully saturated rings. The van der Waals surface area contributed by atoms with Crippen LogP contribution in [-0.2, 0) is 0 Å². The molecule has 1 amide bonds. The molecule has 0 radical (unpaired) electrons. The van der Waals surface area contributed by atoms with Crippen molar-refractivity contribution in [2.45, 2.75) is 13.0 Å². The molecule has 0 heterocycles. The van der Waals surface area contributed by atoms with Gasteiger partial charge in [-0.1, -0.05) is 6.07 Å². The Hall–Kier alpha value is -1.53. The first-order valence-electron chi connectivity index (χ1n) is 4.54. The Morgan fingerprint density at radius 1 is 1.67 bits per heavy atom. The zero-order chi connectivity index (χ0) is 11.3. The highest BCUT2D eigenvalue weighted by Gasteiger charge is 2.08. The number of nitrogens with one attached hydrogen (secondary N) is 1. The summed E-state index contributed by atoms with van der Waals surface area (Å²) in [6.07, 6.45) is 0. The number of hydrogen-bond donors (Lipinski definition) is 1. The first kappa shape index (κ1) is 11.5. The first-order chi connectivity index (χ1) is 7.17. The van der Waals surface area contributed by atoms with Crippen LogP contribution in [-0.4, -0.2) is 17.8 Å². The molecule has 3 nitrogen and oxygen atoms in total. The van der Waals surface area contributed by atoms with Gasteiger partial charge < -0.3 is 5.32 Å². The van der Waals surface area contributed by atoms with E-state index in [0.29, 0.717) is 17.0 Å². The standard InChI is InChI=1S/C11H11ClN2O/c1-8(6-12)14-11(15)10-4-2-3-9(5-10)7-13/h2-5,8H,6H2,1H3,(H,14,15). The summed E-state index contributed by atoms with van der Waals surface area (Å²) in [6.45, 7) is 1.82. The third kappa shape index (κ3) is 3.26. The molecule has 1 unspecified atom stereocenters. The van der Waals surface area contributed by atoms with Gasteiger partial charge in [0.2, 0.25) is 0 Å². The predicted molar refractivity (Wildman–Crippen MR) is 58.8 cm³/mol. The minimum atomic E-state index is -0.208. The van der Waals surface area contributed by atoms with Gasteiger partial charge in [-0.3, -0.25) is 4.79 Å². The number of carbonyl (C=O) groups excluding carboxylic acids is 1. The molecule has 1 atom stereocenters. The van der Waals surface area contributed by atoms with E-state index in [0.717, 1.165) is 0 Å². The van der Waals surface area contributed by atoms with Crippen molar-refractivity contribution >= 4 is 17.5 Å². The van der Waals surface area contributed by atoms with Gasteiger partial charge in [0.25, 0.3) is 5.91 Å². The molecule has 0 saturated carbocycles. The van der Waals surface area contributed by atoms with Crippen molar-refractivity contribution in [3.05, 3.63) is 35.4 Å². The van der Waals surface area contributed by atoms with Crippen molar-refractivity contribution in [2.24, 2.45) is 0 Å². The molecule has 0 aliphatic rings. The fourth-order valence-corrected chi connectivity index (χ4v) is 1.15. The quantitative estimate of drug-likeness (QED) is 0.795. The molecular weight excluding hydrogens is 212 g/mol. The third-order valence-electron chi connectivity index (χ3n) is 1.86. The molecule has 4 heteroatoms. The van der Waals surface area contributed by atoms with E-state index in [9.17, 15) is 4.79 Å². The van der Waals surface area contributed by atoms with Crippen molar-refractivity contribution in [1.82, 2.24) is 5.32 Å². The monoisotopic (exact) mass is 222 g/mol. The Morgan fingerprint density at radius 2 is 2.40 bits per heavy atom. The number of carbonyl (C=O) groups is 1. The normalized spacial score (nSPS) is 11.5. The number of amides is 1. The van der Waals surface area contributed by atoms with E-state index in [-0.39, 0.29) is 11.9 Å². The smallest absolute Gasteiger partial charge is 0.251 e. The summed E-state index contributed by atoms with van der Waals surface area (Å²) in [4.78, 5) is 11.6. The van der Waals surface area contributed by atoms with Gasteiger partial charge in [0.15, 0.2) is 0 Å². The summed E-state index contributed by atoms with van der Waals surface area (Å²) in [5.41, 5.74) is 0.951. The van der Waals surface area contributed by atoms with E-state index in [4.69, 9.17) is 16.9 Å². The lowest BCUT2D eigenvalue weighted by Gasteiger charge is -2.10. The van der Waals surface area contributed by atoms with Crippen molar-refractivity contribution in [1.29, 1.82) is 5.26 Å². The lowest BCUT2D eigenvalue weighted by molar-refractivity contribution is 0.0943. The van der Waals surface area contributed by atoms with Gasteiger partial charge in [0.05, 0.1) is 11.6 Å². The number of nitriles is 1. The lowest BCUT2D eigenvalue weighted by Crippen LogP contribution is -2.33. The molecule has 15 heavy (non-hydrogen) atoms. The fourth-order valence-electron chi connectivity index (χ4n) is 1.08. The van der Waals surface area contributed by atoms with E-state index in [1.165, 1.54) is 0 Å². The van der Waals surface area contributed by atoms with Crippen molar-refractivity contribution in [3.63, 3.8) is 0 Å². The Balaban J connectivity index is 2.78. The third-order valence-corrected chi connectivity index (χ3v) is 2.33.